The Balaban J connectivity index is 2.29. The maximum absolute atomic E-state index is 6.05. The Morgan fingerprint density at radius 1 is 1.38 bits per heavy atom. The highest BCUT2D eigenvalue weighted by Gasteiger charge is 2.25. The van der Waals surface area contributed by atoms with Crippen molar-refractivity contribution in [3.8, 4) is 0 Å². The van der Waals surface area contributed by atoms with Crippen LogP contribution in [0.3, 0.4) is 0 Å². The quantitative estimate of drug-likeness (QED) is 0.625. The molecule has 0 spiro atoms. The molecule has 1 heterocycles. The summed E-state index contributed by atoms with van der Waals surface area (Å²) in [5.74, 6) is 0. The summed E-state index contributed by atoms with van der Waals surface area (Å²) in [6.07, 6.45) is 0. The number of nitrogens with one attached hydrogen (secondary N) is 2. The SMILES string of the molecule is NC1CNNC1c1ccccc1Cl. The summed E-state index contributed by atoms with van der Waals surface area (Å²) in [4.78, 5) is 0. The molecule has 1 aliphatic rings. The molecule has 1 aliphatic heterocycles. The predicted octanol–water partition coefficient (Wildman–Crippen LogP) is 0.816. The van der Waals surface area contributed by atoms with Gasteiger partial charge in [-0.3, -0.25) is 5.43 Å². The fraction of sp³-hybridized carbons (Fsp3) is 0.333. The van der Waals surface area contributed by atoms with E-state index in [0.29, 0.717) is 0 Å². The lowest BCUT2D eigenvalue weighted by Gasteiger charge is -2.15. The number of benzene rings is 1. The van der Waals surface area contributed by atoms with Gasteiger partial charge in [0.15, 0.2) is 0 Å². The van der Waals surface area contributed by atoms with Crippen molar-refractivity contribution in [2.45, 2.75) is 12.1 Å². The van der Waals surface area contributed by atoms with Gasteiger partial charge in [0.25, 0.3) is 0 Å². The highest BCUT2D eigenvalue weighted by molar-refractivity contribution is 6.31. The van der Waals surface area contributed by atoms with Crippen LogP contribution in [0.25, 0.3) is 0 Å². The second kappa shape index (κ2) is 3.64. The Bertz CT molecular complexity index is 303. The molecule has 1 fully saturated rings. The lowest BCUT2D eigenvalue weighted by Crippen LogP contribution is -2.30. The van der Waals surface area contributed by atoms with E-state index in [-0.39, 0.29) is 12.1 Å². The number of nitrogens with two attached hydrogens (primary N) is 1. The van der Waals surface area contributed by atoms with Crippen molar-refractivity contribution in [1.82, 2.24) is 10.9 Å². The van der Waals surface area contributed by atoms with E-state index >= 15 is 0 Å². The molecule has 0 bridgehead atoms. The predicted molar refractivity (Wildman–Crippen MR) is 53.3 cm³/mol. The first-order chi connectivity index (χ1) is 6.29. The average Bonchev–Trinajstić information content (AvgIpc) is 2.52. The Morgan fingerprint density at radius 3 is 2.77 bits per heavy atom. The van der Waals surface area contributed by atoms with Crippen molar-refractivity contribution >= 4 is 11.6 Å². The highest BCUT2D eigenvalue weighted by atomic mass is 35.5. The molecule has 2 unspecified atom stereocenters. The molecule has 0 radical (unpaired) electrons. The first-order valence-corrected chi connectivity index (χ1v) is 4.65. The lowest BCUT2D eigenvalue weighted by atomic mass is 10.0. The van der Waals surface area contributed by atoms with Crippen LogP contribution in [0.2, 0.25) is 5.02 Å². The van der Waals surface area contributed by atoms with E-state index in [9.17, 15) is 0 Å². The van der Waals surface area contributed by atoms with Gasteiger partial charge in [-0.2, -0.15) is 0 Å². The Hall–Kier alpha value is -0.610. The molecule has 1 aromatic carbocycles. The minimum atomic E-state index is 0.0832. The Labute approximate surface area is 82.2 Å². The number of hydrogen-bond donors (Lipinski definition) is 3. The van der Waals surface area contributed by atoms with E-state index in [1.165, 1.54) is 0 Å². The average molecular weight is 198 g/mol. The summed E-state index contributed by atoms with van der Waals surface area (Å²) in [6.45, 7) is 0.774. The highest BCUT2D eigenvalue weighted by Crippen LogP contribution is 2.25. The number of rotatable bonds is 1. The Morgan fingerprint density at radius 2 is 2.15 bits per heavy atom. The van der Waals surface area contributed by atoms with E-state index in [0.717, 1.165) is 17.1 Å². The van der Waals surface area contributed by atoms with Crippen molar-refractivity contribution < 1.29 is 0 Å². The summed E-state index contributed by atoms with van der Waals surface area (Å²) >= 11 is 6.05. The fourth-order valence-corrected chi connectivity index (χ4v) is 1.80. The van der Waals surface area contributed by atoms with Crippen molar-refractivity contribution in [2.75, 3.05) is 6.54 Å². The first kappa shape index (κ1) is 8.97. The summed E-state index contributed by atoms with van der Waals surface area (Å²) in [7, 11) is 0. The zero-order valence-corrected chi connectivity index (χ0v) is 7.88. The largest absolute Gasteiger partial charge is 0.325 e. The van der Waals surface area contributed by atoms with Gasteiger partial charge in [0.2, 0.25) is 0 Å². The van der Waals surface area contributed by atoms with E-state index < -0.39 is 0 Å². The smallest absolute Gasteiger partial charge is 0.0640 e. The zero-order valence-electron chi connectivity index (χ0n) is 7.13. The van der Waals surface area contributed by atoms with Crippen LogP contribution in [0.15, 0.2) is 24.3 Å². The van der Waals surface area contributed by atoms with Crippen LogP contribution >= 0.6 is 11.6 Å². The van der Waals surface area contributed by atoms with Gasteiger partial charge < -0.3 is 5.73 Å². The third kappa shape index (κ3) is 1.69. The van der Waals surface area contributed by atoms with E-state index in [1.54, 1.807) is 0 Å². The summed E-state index contributed by atoms with van der Waals surface area (Å²) < 4.78 is 0. The molecular formula is C9H12ClN3. The molecule has 1 saturated heterocycles. The third-order valence-corrected chi connectivity index (χ3v) is 2.61. The molecule has 0 amide bonds. The molecule has 4 N–H and O–H groups in total. The van der Waals surface area contributed by atoms with Crippen LogP contribution in [0.4, 0.5) is 0 Å². The lowest BCUT2D eigenvalue weighted by molar-refractivity contribution is 0.551. The van der Waals surface area contributed by atoms with Crippen LogP contribution in [-0.2, 0) is 0 Å². The van der Waals surface area contributed by atoms with E-state index in [1.807, 2.05) is 24.3 Å². The molecule has 0 aromatic heterocycles. The molecule has 3 nitrogen and oxygen atoms in total. The van der Waals surface area contributed by atoms with Gasteiger partial charge in [-0.05, 0) is 11.6 Å². The Kier molecular flexibility index (Phi) is 2.51. The van der Waals surface area contributed by atoms with Crippen molar-refractivity contribution in [3.05, 3.63) is 34.9 Å². The van der Waals surface area contributed by atoms with Crippen LogP contribution in [0.5, 0.6) is 0 Å². The summed E-state index contributed by atoms with van der Waals surface area (Å²) in [6, 6.07) is 7.96. The molecule has 0 saturated carbocycles. The summed E-state index contributed by atoms with van der Waals surface area (Å²) in [5.41, 5.74) is 13.1. The van der Waals surface area contributed by atoms with Crippen molar-refractivity contribution in [3.63, 3.8) is 0 Å². The number of hydrazine groups is 1. The second-order valence-corrected chi connectivity index (χ2v) is 3.60. The molecule has 4 heteroatoms. The van der Waals surface area contributed by atoms with Gasteiger partial charge in [0.05, 0.1) is 6.04 Å². The molecule has 0 aliphatic carbocycles. The maximum atomic E-state index is 6.05. The maximum Gasteiger partial charge on any atom is 0.0640 e. The van der Waals surface area contributed by atoms with Gasteiger partial charge in [-0.1, -0.05) is 29.8 Å². The van der Waals surface area contributed by atoms with Crippen molar-refractivity contribution in [2.24, 2.45) is 5.73 Å². The molecule has 13 heavy (non-hydrogen) atoms. The zero-order chi connectivity index (χ0) is 9.26. The van der Waals surface area contributed by atoms with Gasteiger partial charge in [-0.15, -0.1) is 0 Å². The van der Waals surface area contributed by atoms with Crippen LogP contribution in [0, 0.1) is 0 Å². The second-order valence-electron chi connectivity index (χ2n) is 3.19. The molecule has 70 valence electrons. The molecule has 1 aromatic rings. The van der Waals surface area contributed by atoms with Gasteiger partial charge in [-0.25, -0.2) is 5.43 Å². The van der Waals surface area contributed by atoms with E-state index in [4.69, 9.17) is 17.3 Å². The van der Waals surface area contributed by atoms with Crippen LogP contribution in [0.1, 0.15) is 11.6 Å². The number of hydrogen-bond acceptors (Lipinski definition) is 3. The molecule has 2 rings (SSSR count). The van der Waals surface area contributed by atoms with Gasteiger partial charge in [0, 0.05) is 17.6 Å². The summed E-state index contributed by atoms with van der Waals surface area (Å²) in [5, 5.41) is 0.763. The minimum absolute atomic E-state index is 0.0832. The number of halogens is 1. The van der Waals surface area contributed by atoms with Gasteiger partial charge >= 0.3 is 0 Å². The normalized spacial score (nSPS) is 27.8. The first-order valence-electron chi connectivity index (χ1n) is 4.27. The third-order valence-electron chi connectivity index (χ3n) is 2.26. The standard InChI is InChI=1S/C9H12ClN3/c10-7-4-2-1-3-6(7)9-8(11)5-12-13-9/h1-4,8-9,12-13H,5,11H2. The topological polar surface area (TPSA) is 50.1 Å². The fourth-order valence-electron chi connectivity index (χ4n) is 1.55. The van der Waals surface area contributed by atoms with Crippen LogP contribution in [-0.4, -0.2) is 12.6 Å². The van der Waals surface area contributed by atoms with E-state index in [2.05, 4.69) is 10.9 Å². The van der Waals surface area contributed by atoms with Crippen LogP contribution < -0.4 is 16.6 Å². The molecule has 2 atom stereocenters. The minimum Gasteiger partial charge on any atom is -0.325 e. The molecular weight excluding hydrogens is 186 g/mol. The van der Waals surface area contributed by atoms with Crippen molar-refractivity contribution in [1.29, 1.82) is 0 Å². The van der Waals surface area contributed by atoms with Gasteiger partial charge in [0.1, 0.15) is 0 Å². The monoisotopic (exact) mass is 197 g/mol.